The van der Waals surface area contributed by atoms with E-state index in [0.717, 1.165) is 20.1 Å². The fraction of sp³-hybridized carbons (Fsp3) is 0.222. The van der Waals surface area contributed by atoms with E-state index in [-0.39, 0.29) is 11.2 Å². The summed E-state index contributed by atoms with van der Waals surface area (Å²) in [4.78, 5) is 18.9. The topological polar surface area (TPSA) is 33.2 Å². The lowest BCUT2D eigenvalue weighted by Gasteiger charge is -2.20. The number of amides is 1. The Morgan fingerprint density at radius 2 is 2.04 bits per heavy atom. The molecule has 0 radical (unpaired) electrons. The van der Waals surface area contributed by atoms with Crippen LogP contribution in [0.2, 0.25) is 5.02 Å². The SMILES string of the molecule is C[C@H](Sc1nc2cc(Cl)ccc2s1)C(=O)N(C)Cc1ccccc1. The molecule has 1 aromatic heterocycles. The van der Waals surface area contributed by atoms with Gasteiger partial charge in [0.1, 0.15) is 0 Å². The monoisotopic (exact) mass is 376 g/mol. The van der Waals surface area contributed by atoms with Gasteiger partial charge in [-0.25, -0.2) is 4.98 Å². The number of thiazole rings is 1. The van der Waals surface area contributed by atoms with Crippen LogP contribution in [-0.4, -0.2) is 28.1 Å². The zero-order valence-corrected chi connectivity index (χ0v) is 15.8. The first-order valence-corrected chi connectivity index (χ1v) is 9.62. The summed E-state index contributed by atoms with van der Waals surface area (Å²) < 4.78 is 1.97. The number of carbonyl (C=O) groups excluding carboxylic acids is 1. The minimum Gasteiger partial charge on any atom is -0.340 e. The van der Waals surface area contributed by atoms with Crippen molar-refractivity contribution in [2.75, 3.05) is 7.05 Å². The van der Waals surface area contributed by atoms with E-state index in [1.54, 1.807) is 16.2 Å². The minimum atomic E-state index is -0.185. The number of aromatic nitrogens is 1. The number of nitrogens with zero attached hydrogens (tertiary/aromatic N) is 2. The number of hydrogen-bond acceptors (Lipinski definition) is 4. The predicted octanol–water partition coefficient (Wildman–Crippen LogP) is 5.09. The summed E-state index contributed by atoms with van der Waals surface area (Å²) in [6.45, 7) is 2.54. The van der Waals surface area contributed by atoms with Crippen LogP contribution in [-0.2, 0) is 11.3 Å². The summed E-state index contributed by atoms with van der Waals surface area (Å²) in [5.74, 6) is 0.0983. The Kier molecular flexibility index (Phi) is 5.43. The molecular formula is C18H17ClN2OS2. The summed E-state index contributed by atoms with van der Waals surface area (Å²) in [6.07, 6.45) is 0. The molecule has 0 saturated heterocycles. The second-order valence-electron chi connectivity index (χ2n) is 5.53. The zero-order valence-electron chi connectivity index (χ0n) is 13.4. The first-order valence-electron chi connectivity index (χ1n) is 7.54. The lowest BCUT2D eigenvalue weighted by molar-refractivity contribution is -0.129. The predicted molar refractivity (Wildman–Crippen MR) is 103 cm³/mol. The molecule has 1 amide bonds. The van der Waals surface area contributed by atoms with Gasteiger partial charge >= 0.3 is 0 Å². The second kappa shape index (κ2) is 7.55. The van der Waals surface area contributed by atoms with E-state index in [1.165, 1.54) is 11.8 Å². The summed E-state index contributed by atoms with van der Waals surface area (Å²) >= 11 is 9.08. The largest absolute Gasteiger partial charge is 0.340 e. The van der Waals surface area contributed by atoms with Gasteiger partial charge in [-0.05, 0) is 30.7 Å². The Morgan fingerprint density at radius 3 is 2.79 bits per heavy atom. The Balaban J connectivity index is 1.66. The van der Waals surface area contributed by atoms with Gasteiger partial charge in [0.15, 0.2) is 4.34 Å². The van der Waals surface area contributed by atoms with Crippen molar-refractivity contribution in [3.63, 3.8) is 0 Å². The van der Waals surface area contributed by atoms with Crippen molar-refractivity contribution >= 4 is 50.8 Å². The van der Waals surface area contributed by atoms with Crippen LogP contribution in [0.25, 0.3) is 10.2 Å². The molecule has 3 nitrogen and oxygen atoms in total. The first kappa shape index (κ1) is 17.3. The molecule has 0 aliphatic carbocycles. The Labute approximate surface area is 154 Å². The van der Waals surface area contributed by atoms with Gasteiger partial charge < -0.3 is 4.90 Å². The quantitative estimate of drug-likeness (QED) is 0.581. The molecule has 24 heavy (non-hydrogen) atoms. The summed E-state index contributed by atoms with van der Waals surface area (Å²) in [7, 11) is 1.84. The van der Waals surface area contributed by atoms with Gasteiger partial charge in [0, 0.05) is 18.6 Å². The van der Waals surface area contributed by atoms with Gasteiger partial charge in [0.25, 0.3) is 0 Å². The van der Waals surface area contributed by atoms with Crippen molar-refractivity contribution in [2.45, 2.75) is 23.1 Å². The van der Waals surface area contributed by atoms with Crippen LogP contribution in [0.4, 0.5) is 0 Å². The van der Waals surface area contributed by atoms with E-state index in [2.05, 4.69) is 4.98 Å². The molecular weight excluding hydrogens is 360 g/mol. The molecule has 0 saturated carbocycles. The van der Waals surface area contributed by atoms with Gasteiger partial charge in [-0.1, -0.05) is 53.7 Å². The molecule has 6 heteroatoms. The molecule has 124 valence electrons. The number of fused-ring (bicyclic) bond motifs is 1. The highest BCUT2D eigenvalue weighted by Gasteiger charge is 2.20. The number of rotatable bonds is 5. The first-order chi connectivity index (χ1) is 11.5. The van der Waals surface area contributed by atoms with Crippen molar-refractivity contribution in [1.82, 2.24) is 9.88 Å². The van der Waals surface area contributed by atoms with Crippen LogP contribution in [0.15, 0.2) is 52.9 Å². The van der Waals surface area contributed by atoms with Gasteiger partial charge in [-0.3, -0.25) is 4.79 Å². The van der Waals surface area contributed by atoms with Crippen LogP contribution in [0.1, 0.15) is 12.5 Å². The molecule has 0 unspecified atom stereocenters. The molecule has 0 fully saturated rings. The zero-order chi connectivity index (χ0) is 17.1. The fourth-order valence-electron chi connectivity index (χ4n) is 2.38. The highest BCUT2D eigenvalue weighted by molar-refractivity contribution is 8.02. The van der Waals surface area contributed by atoms with E-state index >= 15 is 0 Å². The Morgan fingerprint density at radius 1 is 1.29 bits per heavy atom. The molecule has 0 N–H and O–H groups in total. The van der Waals surface area contributed by atoms with E-state index in [9.17, 15) is 4.79 Å². The molecule has 0 bridgehead atoms. The van der Waals surface area contributed by atoms with Crippen LogP contribution < -0.4 is 0 Å². The average Bonchev–Trinajstić information content (AvgIpc) is 2.96. The maximum atomic E-state index is 12.6. The third-order valence-corrected chi connectivity index (χ3v) is 6.05. The van der Waals surface area contributed by atoms with Crippen LogP contribution in [0.3, 0.4) is 0 Å². The normalized spacial score (nSPS) is 12.3. The number of thioether (sulfide) groups is 1. The summed E-state index contributed by atoms with van der Waals surface area (Å²) in [6, 6.07) is 15.7. The van der Waals surface area contributed by atoms with Crippen molar-refractivity contribution < 1.29 is 4.79 Å². The third kappa shape index (κ3) is 4.09. The summed E-state index contributed by atoms with van der Waals surface area (Å²) in [5.41, 5.74) is 2.01. The molecule has 1 heterocycles. The maximum absolute atomic E-state index is 12.6. The van der Waals surface area contributed by atoms with Crippen LogP contribution >= 0.6 is 34.7 Å². The fourth-order valence-corrected chi connectivity index (χ4v) is 4.85. The average molecular weight is 377 g/mol. The van der Waals surface area contributed by atoms with Gasteiger partial charge in [-0.15, -0.1) is 11.3 Å². The highest BCUT2D eigenvalue weighted by atomic mass is 35.5. The number of hydrogen-bond donors (Lipinski definition) is 0. The van der Waals surface area contributed by atoms with Crippen molar-refractivity contribution in [3.05, 3.63) is 59.1 Å². The van der Waals surface area contributed by atoms with E-state index in [0.29, 0.717) is 11.6 Å². The van der Waals surface area contributed by atoms with Crippen molar-refractivity contribution in [1.29, 1.82) is 0 Å². The highest BCUT2D eigenvalue weighted by Crippen LogP contribution is 2.33. The number of carbonyl (C=O) groups is 1. The molecule has 0 spiro atoms. The third-order valence-electron chi connectivity index (χ3n) is 3.59. The molecule has 1 atom stereocenters. The number of halogens is 1. The lowest BCUT2D eigenvalue weighted by atomic mass is 10.2. The van der Waals surface area contributed by atoms with Crippen LogP contribution in [0.5, 0.6) is 0 Å². The minimum absolute atomic E-state index is 0.0983. The molecule has 2 aromatic carbocycles. The van der Waals surface area contributed by atoms with Gasteiger partial charge in [0.05, 0.1) is 15.5 Å². The maximum Gasteiger partial charge on any atom is 0.235 e. The molecule has 0 aliphatic heterocycles. The second-order valence-corrected chi connectivity index (χ2v) is 8.59. The van der Waals surface area contributed by atoms with Crippen LogP contribution in [0, 0.1) is 0 Å². The van der Waals surface area contributed by atoms with Gasteiger partial charge in [-0.2, -0.15) is 0 Å². The Bertz CT molecular complexity index is 851. The smallest absolute Gasteiger partial charge is 0.235 e. The van der Waals surface area contributed by atoms with Gasteiger partial charge in [0.2, 0.25) is 5.91 Å². The molecule has 3 aromatic rings. The standard InChI is InChI=1S/C18H17ClN2OS2/c1-12(17(22)21(2)11-13-6-4-3-5-7-13)23-18-20-15-10-14(19)8-9-16(15)24-18/h3-10,12H,11H2,1-2H3/t12-/m0/s1. The van der Waals surface area contributed by atoms with Crippen molar-refractivity contribution in [2.24, 2.45) is 0 Å². The van der Waals surface area contributed by atoms with E-state index in [4.69, 9.17) is 11.6 Å². The van der Waals surface area contributed by atoms with E-state index in [1.807, 2.05) is 62.5 Å². The molecule has 0 aliphatic rings. The Hall–Kier alpha value is -1.56. The lowest BCUT2D eigenvalue weighted by Crippen LogP contribution is -2.32. The number of benzene rings is 2. The van der Waals surface area contributed by atoms with Crippen molar-refractivity contribution in [3.8, 4) is 0 Å². The van der Waals surface area contributed by atoms with E-state index < -0.39 is 0 Å². The summed E-state index contributed by atoms with van der Waals surface area (Å²) in [5, 5.41) is 0.491. The molecule has 3 rings (SSSR count).